The van der Waals surface area contributed by atoms with Crippen LogP contribution in [0.1, 0.15) is 66.2 Å². The van der Waals surface area contributed by atoms with Crippen LogP contribution >= 0.6 is 0 Å². The molecule has 0 spiro atoms. The molecule has 4 aliphatic rings. The van der Waals surface area contributed by atoms with Gasteiger partial charge in [0, 0.05) is 23.7 Å². The molecule has 0 radical (unpaired) electrons. The summed E-state index contributed by atoms with van der Waals surface area (Å²) in [6.45, 7) is 7.67. The molecule has 0 aromatic heterocycles. The predicted octanol–water partition coefficient (Wildman–Crippen LogP) is -3.68. The van der Waals surface area contributed by atoms with Gasteiger partial charge in [0.05, 0.1) is 31.7 Å². The molecule has 4 rings (SSSR count). The van der Waals surface area contributed by atoms with E-state index in [0.29, 0.717) is 25.7 Å². The quantitative estimate of drug-likeness (QED) is 0.160. The van der Waals surface area contributed by atoms with Crippen molar-refractivity contribution >= 4 is 31.8 Å². The SMILES string of the molecule is CC1(C)[C@H]2CC[C@]1(CS(=O)(=O)[O-])C(=O)C2.CC1(C)[C@H]2CC[C@]1(CS(=O)(=O)[O-])C(=O)C2.[Cd+2].[OH3+].[OH3+].[OH3+].[OH3+].[OH3+].[OH3+]. The fourth-order valence-electron chi connectivity index (χ4n) is 6.82. The first-order valence-corrected chi connectivity index (χ1v) is 13.5. The maximum atomic E-state index is 11.8. The molecule has 0 amide bonds. The van der Waals surface area contributed by atoms with E-state index in [0.717, 1.165) is 12.8 Å². The third kappa shape index (κ3) is 7.53. The zero-order valence-corrected chi connectivity index (χ0v) is 27.7. The fraction of sp³-hybridized carbons (Fsp3) is 0.900. The molecule has 17 heteroatoms. The summed E-state index contributed by atoms with van der Waals surface area (Å²) in [6.07, 6.45) is 3.75. The van der Waals surface area contributed by atoms with Gasteiger partial charge in [0.2, 0.25) is 0 Å². The summed E-state index contributed by atoms with van der Waals surface area (Å²) in [7, 11) is -8.65. The Labute approximate surface area is 237 Å². The molecular formula is C20H48CdO14S2+6. The van der Waals surface area contributed by atoms with Gasteiger partial charge in [0.1, 0.15) is 11.6 Å². The molecule has 37 heavy (non-hydrogen) atoms. The second kappa shape index (κ2) is 14.0. The average molecular weight is 689 g/mol. The summed E-state index contributed by atoms with van der Waals surface area (Å²) >= 11 is 0. The molecule has 0 unspecified atom stereocenters. The van der Waals surface area contributed by atoms with Gasteiger partial charge >= 0.3 is 27.3 Å². The van der Waals surface area contributed by atoms with Gasteiger partial charge in [-0.05, 0) is 48.3 Å². The summed E-state index contributed by atoms with van der Waals surface area (Å²) in [4.78, 5) is 23.7. The Hall–Kier alpha value is -0.158. The van der Waals surface area contributed by atoms with Crippen molar-refractivity contribution in [2.24, 2.45) is 33.5 Å². The Kier molecular flexibility index (Phi) is 17.6. The number of fused-ring (bicyclic) bond motifs is 4. The molecule has 4 fully saturated rings. The fourth-order valence-corrected chi connectivity index (χ4v) is 9.38. The Morgan fingerprint density at radius 3 is 1.03 bits per heavy atom. The van der Waals surface area contributed by atoms with Gasteiger partial charge < -0.3 is 42.0 Å². The molecule has 18 N–H and O–H groups in total. The first kappa shape index (κ1) is 46.7. The topological polar surface area (TPSA) is 347 Å². The van der Waals surface area contributed by atoms with Gasteiger partial charge in [-0.25, -0.2) is 16.8 Å². The molecule has 220 valence electrons. The van der Waals surface area contributed by atoms with E-state index in [9.17, 15) is 35.5 Å². The zero-order valence-electron chi connectivity index (χ0n) is 22.1. The van der Waals surface area contributed by atoms with Gasteiger partial charge in [-0.3, -0.25) is 9.59 Å². The third-order valence-corrected chi connectivity index (χ3v) is 10.8. The number of rotatable bonds is 4. The molecule has 0 heterocycles. The first-order valence-electron chi connectivity index (χ1n) is 10.3. The number of hydrogen-bond donors (Lipinski definition) is 0. The Morgan fingerprint density at radius 2 is 0.892 bits per heavy atom. The molecule has 4 bridgehead atoms. The van der Waals surface area contributed by atoms with E-state index >= 15 is 0 Å². The average Bonchev–Trinajstić information content (AvgIpc) is 3.05. The maximum Gasteiger partial charge on any atom is 2.00 e. The van der Waals surface area contributed by atoms with Crippen molar-refractivity contribution in [2.45, 2.75) is 66.2 Å². The summed E-state index contributed by atoms with van der Waals surface area (Å²) in [5.41, 5.74) is -2.44. The van der Waals surface area contributed by atoms with Gasteiger partial charge in [0.25, 0.3) is 0 Å². The van der Waals surface area contributed by atoms with Crippen LogP contribution in [0.4, 0.5) is 0 Å². The largest absolute Gasteiger partial charge is 2.00 e. The monoisotopic (exact) mass is 690 g/mol. The Balaban J connectivity index is -0.000000155. The number of hydrogen-bond acceptors (Lipinski definition) is 8. The summed E-state index contributed by atoms with van der Waals surface area (Å²) in [5, 5.41) is 0. The van der Waals surface area contributed by atoms with Crippen LogP contribution in [-0.2, 0) is 90.0 Å². The molecular weight excluding hydrogens is 641 g/mol. The summed E-state index contributed by atoms with van der Waals surface area (Å²) in [6, 6.07) is 0. The normalized spacial score (nSPS) is 31.3. The van der Waals surface area contributed by atoms with Gasteiger partial charge in [-0.15, -0.1) is 0 Å². The van der Waals surface area contributed by atoms with Crippen molar-refractivity contribution in [2.75, 3.05) is 11.5 Å². The second-order valence-corrected chi connectivity index (χ2v) is 13.5. The first-order chi connectivity index (χ1) is 13.4. The molecule has 4 aliphatic carbocycles. The Morgan fingerprint density at radius 1 is 0.649 bits per heavy atom. The minimum atomic E-state index is -4.33. The zero-order chi connectivity index (χ0) is 23.0. The predicted molar refractivity (Wildman–Crippen MR) is 135 cm³/mol. The van der Waals surface area contributed by atoms with Crippen LogP contribution in [-0.4, -0.2) is 49.0 Å². The molecule has 0 aromatic rings. The number of carbonyl (C=O) groups is 2. The van der Waals surface area contributed by atoms with E-state index < -0.39 is 42.6 Å². The van der Waals surface area contributed by atoms with Crippen LogP contribution in [0.25, 0.3) is 0 Å². The number of Topliss-reactive ketones (excluding diaryl/α,β-unsaturated/α-hetero) is 2. The van der Waals surface area contributed by atoms with E-state index in [1.165, 1.54) is 0 Å². The maximum absolute atomic E-state index is 11.8. The van der Waals surface area contributed by atoms with Gasteiger partial charge in [-0.2, -0.15) is 0 Å². The smallest absolute Gasteiger partial charge is 0.748 e. The minimum Gasteiger partial charge on any atom is -0.748 e. The Bertz CT molecular complexity index is 915. The van der Waals surface area contributed by atoms with Gasteiger partial charge in [0.15, 0.2) is 0 Å². The molecule has 0 aromatic carbocycles. The van der Waals surface area contributed by atoms with Crippen molar-refractivity contribution < 1.29 is 95.7 Å². The summed E-state index contributed by atoms with van der Waals surface area (Å²) < 4.78 is 65.4. The van der Waals surface area contributed by atoms with Crippen LogP contribution in [0.5, 0.6) is 0 Å². The van der Waals surface area contributed by atoms with Crippen molar-refractivity contribution in [3.05, 3.63) is 0 Å². The molecule has 0 saturated heterocycles. The van der Waals surface area contributed by atoms with E-state index in [-0.39, 0.29) is 94.4 Å². The van der Waals surface area contributed by atoms with Crippen molar-refractivity contribution in [1.29, 1.82) is 0 Å². The van der Waals surface area contributed by atoms with E-state index in [2.05, 4.69) is 0 Å². The molecule has 0 aliphatic heterocycles. The van der Waals surface area contributed by atoms with Crippen LogP contribution in [0, 0.1) is 33.5 Å². The standard InChI is InChI=1S/2C10H16O4S.Cd.6H2O/c2*1-9(2)7-3-4-10(9,8(11)5-7)6-15(12,13)14;;;;;;;/h2*7H,3-6H2,1-2H3,(H,12,13,14);;6*1H2/q;;+2;;;;;;/p+4/t2*7-,10-;;;;;;;/m00......./s1. The summed E-state index contributed by atoms with van der Waals surface area (Å²) in [5.74, 6) is -0.560. The van der Waals surface area contributed by atoms with Crippen LogP contribution in [0.15, 0.2) is 0 Å². The second-order valence-electron chi connectivity index (χ2n) is 10.7. The third-order valence-electron chi connectivity index (χ3n) is 9.12. The van der Waals surface area contributed by atoms with Crippen molar-refractivity contribution in [3.8, 4) is 0 Å². The van der Waals surface area contributed by atoms with Crippen LogP contribution < -0.4 is 0 Å². The van der Waals surface area contributed by atoms with Crippen molar-refractivity contribution in [1.82, 2.24) is 0 Å². The van der Waals surface area contributed by atoms with E-state index in [1.54, 1.807) is 0 Å². The number of carbonyl (C=O) groups excluding carboxylic acids is 2. The van der Waals surface area contributed by atoms with Crippen LogP contribution in [0.3, 0.4) is 0 Å². The molecule has 14 nitrogen and oxygen atoms in total. The number of ketones is 2. The molecule has 4 saturated carbocycles. The van der Waals surface area contributed by atoms with Gasteiger partial charge in [-0.1, -0.05) is 27.7 Å². The minimum absolute atomic E-state index is 0. The van der Waals surface area contributed by atoms with E-state index in [4.69, 9.17) is 0 Å². The molecule has 4 atom stereocenters. The van der Waals surface area contributed by atoms with Crippen LogP contribution in [0.2, 0.25) is 0 Å². The van der Waals surface area contributed by atoms with Crippen molar-refractivity contribution in [3.63, 3.8) is 0 Å². The van der Waals surface area contributed by atoms with E-state index in [1.807, 2.05) is 27.7 Å².